The summed E-state index contributed by atoms with van der Waals surface area (Å²) in [6.45, 7) is 4.99. The molecule has 3 aromatic carbocycles. The van der Waals surface area contributed by atoms with Crippen molar-refractivity contribution in [3.8, 4) is 5.75 Å². The molecule has 0 fully saturated rings. The van der Waals surface area contributed by atoms with Gasteiger partial charge < -0.3 is 15.0 Å². The van der Waals surface area contributed by atoms with Crippen LogP contribution in [0, 0.1) is 0 Å². The zero-order chi connectivity index (χ0) is 31.0. The van der Waals surface area contributed by atoms with Crippen LogP contribution in [-0.2, 0) is 26.2 Å². The Morgan fingerprint density at radius 3 is 2.17 bits per heavy atom. The Morgan fingerprint density at radius 1 is 0.905 bits per heavy atom. The second kappa shape index (κ2) is 15.0. The zero-order valence-corrected chi connectivity index (χ0v) is 26.9. The maximum absolute atomic E-state index is 14.2. The lowest BCUT2D eigenvalue weighted by atomic mass is 10.1. The number of nitrogens with one attached hydrogen (secondary N) is 1. The Labute approximate surface area is 262 Å². The first kappa shape index (κ1) is 33.5. The maximum Gasteiger partial charge on any atom is 0.264 e. The number of nitrogens with zero attached hydrogens (tertiary/aromatic N) is 2. The molecular weight excluding hydrogens is 621 g/mol. The van der Waals surface area contributed by atoms with Crippen LogP contribution in [0.3, 0.4) is 0 Å². The number of carbonyl (C=O) groups excluding carboxylic acids is 2. The normalized spacial score (nSPS) is 12.7. The molecule has 0 heterocycles. The third-order valence-corrected chi connectivity index (χ3v) is 9.58. The van der Waals surface area contributed by atoms with E-state index in [9.17, 15) is 18.0 Å². The van der Waals surface area contributed by atoms with Crippen LogP contribution in [0.1, 0.15) is 39.2 Å². The van der Waals surface area contributed by atoms with Gasteiger partial charge in [0.2, 0.25) is 11.8 Å². The quantitative estimate of drug-likeness (QED) is 0.225. The van der Waals surface area contributed by atoms with Crippen molar-refractivity contribution < 1.29 is 22.7 Å². The molecule has 12 heteroatoms. The molecule has 0 bridgehead atoms. The highest BCUT2D eigenvalue weighted by Crippen LogP contribution is 2.32. The first-order chi connectivity index (χ1) is 19.9. The van der Waals surface area contributed by atoms with E-state index in [1.165, 1.54) is 42.3 Å². The molecule has 3 aromatic rings. The Balaban J connectivity index is 2.10. The van der Waals surface area contributed by atoms with Crippen molar-refractivity contribution in [2.24, 2.45) is 0 Å². The minimum absolute atomic E-state index is 0.00918. The molecule has 0 saturated heterocycles. The molecule has 3 rings (SSSR count). The van der Waals surface area contributed by atoms with Gasteiger partial charge in [-0.15, -0.1) is 0 Å². The number of hydrogen-bond acceptors (Lipinski definition) is 5. The van der Waals surface area contributed by atoms with Crippen molar-refractivity contribution in [3.63, 3.8) is 0 Å². The molecule has 8 nitrogen and oxygen atoms in total. The molecule has 2 atom stereocenters. The maximum atomic E-state index is 14.2. The second-order valence-corrected chi connectivity index (χ2v) is 12.7. The van der Waals surface area contributed by atoms with Gasteiger partial charge in [0.15, 0.2) is 0 Å². The molecule has 0 saturated carbocycles. The van der Waals surface area contributed by atoms with Gasteiger partial charge in [-0.2, -0.15) is 0 Å². The van der Waals surface area contributed by atoms with Crippen molar-refractivity contribution in [1.29, 1.82) is 0 Å². The van der Waals surface area contributed by atoms with Gasteiger partial charge in [0, 0.05) is 12.6 Å². The summed E-state index contributed by atoms with van der Waals surface area (Å²) in [6, 6.07) is 16.1. The van der Waals surface area contributed by atoms with Crippen LogP contribution in [0.15, 0.2) is 71.6 Å². The highest BCUT2D eigenvalue weighted by molar-refractivity contribution is 7.92. The fourth-order valence-corrected chi connectivity index (χ4v) is 6.25. The summed E-state index contributed by atoms with van der Waals surface area (Å²) in [5, 5.41) is 3.74. The Bertz CT molecular complexity index is 1510. The fraction of sp³-hybridized carbons (Fsp3) is 0.333. The minimum Gasteiger partial charge on any atom is -0.495 e. The van der Waals surface area contributed by atoms with Crippen molar-refractivity contribution in [2.45, 2.75) is 57.1 Å². The molecule has 42 heavy (non-hydrogen) atoms. The summed E-state index contributed by atoms with van der Waals surface area (Å²) in [6.07, 6.45) is 0.985. The van der Waals surface area contributed by atoms with E-state index in [4.69, 9.17) is 39.5 Å². The second-order valence-electron chi connectivity index (χ2n) is 9.66. The summed E-state index contributed by atoms with van der Waals surface area (Å²) in [7, 11) is -2.79. The first-order valence-electron chi connectivity index (χ1n) is 13.4. The minimum atomic E-state index is -4.23. The van der Waals surface area contributed by atoms with Crippen LogP contribution in [0.4, 0.5) is 5.69 Å². The smallest absolute Gasteiger partial charge is 0.264 e. The van der Waals surface area contributed by atoms with Crippen LogP contribution in [0.5, 0.6) is 5.75 Å². The molecule has 2 amide bonds. The van der Waals surface area contributed by atoms with Crippen LogP contribution in [-0.4, -0.2) is 50.9 Å². The van der Waals surface area contributed by atoms with Gasteiger partial charge in [-0.1, -0.05) is 72.9 Å². The lowest BCUT2D eigenvalue weighted by molar-refractivity contribution is -0.140. The van der Waals surface area contributed by atoms with Crippen LogP contribution >= 0.6 is 34.8 Å². The van der Waals surface area contributed by atoms with E-state index in [2.05, 4.69) is 5.32 Å². The largest absolute Gasteiger partial charge is 0.495 e. The number of halogens is 3. The Kier molecular flexibility index (Phi) is 11.9. The van der Waals surface area contributed by atoms with Gasteiger partial charge in [-0.05, 0) is 67.8 Å². The Hall–Kier alpha value is -2.98. The van der Waals surface area contributed by atoms with Gasteiger partial charge >= 0.3 is 0 Å². The molecule has 1 N–H and O–H groups in total. The average Bonchev–Trinajstić information content (AvgIpc) is 2.97. The van der Waals surface area contributed by atoms with Gasteiger partial charge in [0.05, 0.1) is 32.8 Å². The molecule has 226 valence electrons. The number of sulfonamides is 1. The van der Waals surface area contributed by atoms with Gasteiger partial charge in [0.1, 0.15) is 18.3 Å². The standard InChI is InChI=1S/C30H34Cl3N3O5S/c1-5-20(3)34-30(38)27(6-2)35(18-21-12-14-24(31)25(32)16-21)29(37)19-36(22-13-15-28(41-4)26(33)17-22)42(39,40)23-10-8-7-9-11-23/h7-17,20,27H,5-6,18-19H2,1-4H3,(H,34,38)/t20-,27+/m1/s1. The number of amides is 2. The lowest BCUT2D eigenvalue weighted by Crippen LogP contribution is -2.53. The lowest BCUT2D eigenvalue weighted by Gasteiger charge is -2.34. The van der Waals surface area contributed by atoms with Crippen molar-refractivity contribution in [2.75, 3.05) is 18.0 Å². The number of benzene rings is 3. The highest BCUT2D eigenvalue weighted by Gasteiger charge is 2.34. The summed E-state index contributed by atoms with van der Waals surface area (Å²) >= 11 is 18.7. The van der Waals surface area contributed by atoms with Crippen molar-refractivity contribution in [1.82, 2.24) is 10.2 Å². The molecule has 0 unspecified atom stereocenters. The van der Waals surface area contributed by atoms with Gasteiger partial charge in [-0.25, -0.2) is 8.42 Å². The van der Waals surface area contributed by atoms with Crippen LogP contribution in [0.25, 0.3) is 0 Å². The molecule has 0 spiro atoms. The predicted octanol–water partition coefficient (Wildman–Crippen LogP) is 6.57. The SMILES string of the molecule is CC[C@@H](C)NC(=O)[C@H](CC)N(Cc1ccc(Cl)c(Cl)c1)C(=O)CN(c1ccc(OC)c(Cl)c1)S(=O)(=O)c1ccccc1. The summed E-state index contributed by atoms with van der Waals surface area (Å²) in [5.41, 5.74) is 0.780. The molecule has 0 aliphatic heterocycles. The van der Waals surface area contributed by atoms with E-state index in [0.717, 1.165) is 4.31 Å². The Morgan fingerprint density at radius 2 is 1.60 bits per heavy atom. The molecule has 0 aliphatic carbocycles. The average molecular weight is 655 g/mol. The zero-order valence-electron chi connectivity index (χ0n) is 23.8. The number of rotatable bonds is 13. The third-order valence-electron chi connectivity index (χ3n) is 6.76. The summed E-state index contributed by atoms with van der Waals surface area (Å²) in [5.74, 6) is -0.596. The number of anilines is 1. The summed E-state index contributed by atoms with van der Waals surface area (Å²) < 4.78 is 34.1. The molecule has 0 aromatic heterocycles. The number of carbonyl (C=O) groups is 2. The van der Waals surface area contributed by atoms with E-state index in [-0.39, 0.29) is 40.5 Å². The first-order valence-corrected chi connectivity index (χ1v) is 15.9. The predicted molar refractivity (Wildman–Crippen MR) is 168 cm³/mol. The number of methoxy groups -OCH3 is 1. The number of hydrogen-bond donors (Lipinski definition) is 1. The molecular formula is C30H34Cl3N3O5S. The van der Waals surface area contributed by atoms with Crippen molar-refractivity contribution in [3.05, 3.63) is 87.4 Å². The molecule has 0 aliphatic rings. The summed E-state index contributed by atoms with van der Waals surface area (Å²) in [4.78, 5) is 28.9. The monoisotopic (exact) mass is 653 g/mol. The van der Waals surface area contributed by atoms with E-state index >= 15 is 0 Å². The van der Waals surface area contributed by atoms with E-state index in [0.29, 0.717) is 27.8 Å². The van der Waals surface area contributed by atoms with E-state index in [1.54, 1.807) is 43.3 Å². The topological polar surface area (TPSA) is 96.0 Å². The van der Waals surface area contributed by atoms with Crippen LogP contribution in [0.2, 0.25) is 15.1 Å². The van der Waals surface area contributed by atoms with Gasteiger partial charge in [0.25, 0.3) is 10.0 Å². The van der Waals surface area contributed by atoms with E-state index < -0.39 is 28.5 Å². The van der Waals surface area contributed by atoms with Gasteiger partial charge in [-0.3, -0.25) is 13.9 Å². The van der Waals surface area contributed by atoms with Crippen LogP contribution < -0.4 is 14.4 Å². The van der Waals surface area contributed by atoms with Crippen molar-refractivity contribution >= 4 is 62.3 Å². The highest BCUT2D eigenvalue weighted by atomic mass is 35.5. The molecule has 0 radical (unpaired) electrons. The number of ether oxygens (including phenoxy) is 1. The third kappa shape index (κ3) is 8.10. The van der Waals surface area contributed by atoms with E-state index in [1.807, 2.05) is 13.8 Å². The fourth-order valence-electron chi connectivity index (χ4n) is 4.25.